The summed E-state index contributed by atoms with van der Waals surface area (Å²) in [4.78, 5) is 0.0567. The first kappa shape index (κ1) is 14.6. The van der Waals surface area contributed by atoms with E-state index in [9.17, 15) is 13.5 Å². The van der Waals surface area contributed by atoms with Crippen LogP contribution in [0.5, 0.6) is 5.75 Å². The van der Waals surface area contributed by atoms with Crippen LogP contribution in [0.2, 0.25) is 5.02 Å². The van der Waals surface area contributed by atoms with Crippen LogP contribution >= 0.6 is 11.6 Å². The molecule has 0 atom stereocenters. The highest BCUT2D eigenvalue weighted by Crippen LogP contribution is 2.31. The van der Waals surface area contributed by atoms with Gasteiger partial charge in [-0.25, -0.2) is 13.1 Å². The van der Waals surface area contributed by atoms with Crippen molar-refractivity contribution in [2.75, 3.05) is 13.7 Å². The van der Waals surface area contributed by atoms with E-state index in [-0.39, 0.29) is 16.5 Å². The number of aliphatic hydroxyl groups is 1. The Hall–Kier alpha value is -0.820. The van der Waals surface area contributed by atoms with Gasteiger partial charge in [0, 0.05) is 6.54 Å². The molecule has 0 spiro atoms. The van der Waals surface area contributed by atoms with Gasteiger partial charge in [-0.05, 0) is 37.5 Å². The van der Waals surface area contributed by atoms with Gasteiger partial charge < -0.3 is 9.84 Å². The van der Waals surface area contributed by atoms with Crippen LogP contribution in [0.3, 0.4) is 0 Å². The summed E-state index contributed by atoms with van der Waals surface area (Å²) in [6, 6.07) is 4.24. The second-order valence-corrected chi connectivity index (χ2v) is 6.87. The van der Waals surface area contributed by atoms with Gasteiger partial charge in [0.2, 0.25) is 10.0 Å². The fourth-order valence-corrected chi connectivity index (χ4v) is 3.36. The average Bonchev–Trinajstić information content (AvgIpc) is 2.34. The topological polar surface area (TPSA) is 75.6 Å². The first-order chi connectivity index (χ1) is 8.86. The van der Waals surface area contributed by atoms with Gasteiger partial charge in [-0.3, -0.25) is 0 Å². The summed E-state index contributed by atoms with van der Waals surface area (Å²) in [5.74, 6) is 0.415. The molecule has 0 unspecified atom stereocenters. The highest BCUT2D eigenvalue weighted by molar-refractivity contribution is 7.89. The minimum Gasteiger partial charge on any atom is -0.495 e. The summed E-state index contributed by atoms with van der Waals surface area (Å²) < 4.78 is 31.5. The summed E-state index contributed by atoms with van der Waals surface area (Å²) in [5.41, 5.74) is -0.899. The predicted molar refractivity (Wildman–Crippen MR) is 72.0 cm³/mol. The van der Waals surface area contributed by atoms with Crippen LogP contribution in [-0.2, 0) is 10.0 Å². The molecule has 0 saturated heterocycles. The SMILES string of the molecule is COc1ccc(S(=O)(=O)NCC2(O)CCC2)cc1Cl. The van der Waals surface area contributed by atoms with Crippen LogP contribution in [0, 0.1) is 0 Å². The van der Waals surface area contributed by atoms with Crippen LogP contribution in [0.1, 0.15) is 19.3 Å². The Morgan fingerprint density at radius 3 is 2.63 bits per heavy atom. The van der Waals surface area contributed by atoms with Crippen molar-refractivity contribution >= 4 is 21.6 Å². The molecule has 0 aromatic heterocycles. The molecule has 106 valence electrons. The molecule has 0 radical (unpaired) electrons. The highest BCUT2D eigenvalue weighted by atomic mass is 35.5. The van der Waals surface area contributed by atoms with E-state index in [1.54, 1.807) is 0 Å². The van der Waals surface area contributed by atoms with Crippen molar-refractivity contribution in [3.8, 4) is 5.75 Å². The number of sulfonamides is 1. The summed E-state index contributed by atoms with van der Waals surface area (Å²) >= 11 is 5.90. The van der Waals surface area contributed by atoms with Crippen LogP contribution in [-0.4, -0.2) is 32.8 Å². The van der Waals surface area contributed by atoms with Gasteiger partial charge in [-0.15, -0.1) is 0 Å². The first-order valence-corrected chi connectivity index (χ1v) is 7.78. The third-order valence-corrected chi connectivity index (χ3v) is 5.00. The molecular formula is C12H16ClNO4S. The molecule has 1 aliphatic rings. The Balaban J connectivity index is 2.12. The second kappa shape index (κ2) is 5.28. The van der Waals surface area contributed by atoms with Crippen molar-refractivity contribution in [2.24, 2.45) is 0 Å². The minimum atomic E-state index is -3.67. The summed E-state index contributed by atoms with van der Waals surface area (Å²) in [7, 11) is -2.21. The Labute approximate surface area is 117 Å². The molecule has 19 heavy (non-hydrogen) atoms. The maximum Gasteiger partial charge on any atom is 0.240 e. The molecule has 0 amide bonds. The van der Waals surface area contributed by atoms with Crippen LogP contribution < -0.4 is 9.46 Å². The zero-order chi connectivity index (χ0) is 14.1. The van der Waals surface area contributed by atoms with Crippen LogP contribution in [0.4, 0.5) is 0 Å². The van der Waals surface area contributed by atoms with E-state index in [0.717, 1.165) is 6.42 Å². The Bertz CT molecular complexity index is 569. The lowest BCUT2D eigenvalue weighted by molar-refractivity contribution is -0.0270. The maximum atomic E-state index is 12.0. The molecule has 1 aromatic carbocycles. The summed E-state index contributed by atoms with van der Waals surface area (Å²) in [6.45, 7) is 0.0268. The normalized spacial score (nSPS) is 17.8. The number of hydrogen-bond acceptors (Lipinski definition) is 4. The van der Waals surface area contributed by atoms with Crippen LogP contribution in [0.25, 0.3) is 0 Å². The van der Waals surface area contributed by atoms with E-state index in [0.29, 0.717) is 18.6 Å². The lowest BCUT2D eigenvalue weighted by Gasteiger charge is -2.36. The Kier molecular flexibility index (Phi) is 4.06. The molecular weight excluding hydrogens is 290 g/mol. The quantitative estimate of drug-likeness (QED) is 0.865. The summed E-state index contributed by atoms with van der Waals surface area (Å²) in [6.07, 6.45) is 2.17. The second-order valence-electron chi connectivity index (χ2n) is 4.70. The molecule has 1 aliphatic carbocycles. The molecule has 7 heteroatoms. The molecule has 0 bridgehead atoms. The lowest BCUT2D eigenvalue weighted by Crippen LogP contribution is -2.47. The Morgan fingerprint density at radius 1 is 1.47 bits per heavy atom. The van der Waals surface area contributed by atoms with Crippen LogP contribution in [0.15, 0.2) is 23.1 Å². The lowest BCUT2D eigenvalue weighted by atomic mass is 9.81. The fourth-order valence-electron chi connectivity index (χ4n) is 1.89. The van der Waals surface area contributed by atoms with E-state index in [1.165, 1.54) is 25.3 Å². The third-order valence-electron chi connectivity index (χ3n) is 3.31. The average molecular weight is 306 g/mol. The fraction of sp³-hybridized carbons (Fsp3) is 0.500. The van der Waals surface area contributed by atoms with Gasteiger partial charge in [0.1, 0.15) is 5.75 Å². The van der Waals surface area contributed by atoms with E-state index in [2.05, 4.69) is 4.72 Å². The van der Waals surface area contributed by atoms with Crippen molar-refractivity contribution in [3.63, 3.8) is 0 Å². The van der Waals surface area contributed by atoms with Crippen molar-refractivity contribution in [2.45, 2.75) is 29.8 Å². The first-order valence-electron chi connectivity index (χ1n) is 5.92. The standard InChI is InChI=1S/C12H16ClNO4S/c1-18-11-4-3-9(7-10(11)13)19(16,17)14-8-12(15)5-2-6-12/h3-4,7,14-15H,2,5-6,8H2,1H3. The summed E-state index contributed by atoms with van der Waals surface area (Å²) in [5, 5.41) is 10.1. The molecule has 2 N–H and O–H groups in total. The largest absolute Gasteiger partial charge is 0.495 e. The van der Waals surface area contributed by atoms with Gasteiger partial charge in [0.05, 0.1) is 22.6 Å². The zero-order valence-electron chi connectivity index (χ0n) is 10.5. The molecule has 0 aliphatic heterocycles. The number of rotatable bonds is 5. The predicted octanol–water partition coefficient (Wildman–Crippen LogP) is 1.54. The Morgan fingerprint density at radius 2 is 2.16 bits per heavy atom. The highest BCUT2D eigenvalue weighted by Gasteiger charge is 2.35. The molecule has 1 fully saturated rings. The van der Waals surface area contributed by atoms with Gasteiger partial charge in [0.25, 0.3) is 0 Å². The third kappa shape index (κ3) is 3.20. The molecule has 0 heterocycles. The maximum absolute atomic E-state index is 12.0. The van der Waals surface area contributed by atoms with Crippen molar-refractivity contribution < 1.29 is 18.3 Å². The smallest absolute Gasteiger partial charge is 0.240 e. The van der Waals surface area contributed by atoms with Gasteiger partial charge in [-0.2, -0.15) is 0 Å². The van der Waals surface area contributed by atoms with Gasteiger partial charge in [-0.1, -0.05) is 11.6 Å². The molecule has 5 nitrogen and oxygen atoms in total. The molecule has 1 saturated carbocycles. The number of hydrogen-bond donors (Lipinski definition) is 2. The van der Waals surface area contributed by atoms with Crippen molar-refractivity contribution in [1.29, 1.82) is 0 Å². The van der Waals surface area contributed by atoms with Crippen molar-refractivity contribution in [1.82, 2.24) is 4.72 Å². The van der Waals surface area contributed by atoms with Crippen molar-refractivity contribution in [3.05, 3.63) is 23.2 Å². The number of nitrogens with one attached hydrogen (secondary N) is 1. The van der Waals surface area contributed by atoms with Gasteiger partial charge >= 0.3 is 0 Å². The van der Waals surface area contributed by atoms with E-state index in [1.807, 2.05) is 0 Å². The zero-order valence-corrected chi connectivity index (χ0v) is 12.1. The van der Waals surface area contributed by atoms with E-state index < -0.39 is 15.6 Å². The molecule has 1 aromatic rings. The monoisotopic (exact) mass is 305 g/mol. The molecule has 2 rings (SSSR count). The van der Waals surface area contributed by atoms with E-state index >= 15 is 0 Å². The minimum absolute atomic E-state index is 0.0268. The number of ether oxygens (including phenoxy) is 1. The number of benzene rings is 1. The number of methoxy groups -OCH3 is 1. The van der Waals surface area contributed by atoms with E-state index in [4.69, 9.17) is 16.3 Å². The van der Waals surface area contributed by atoms with Gasteiger partial charge in [0.15, 0.2) is 0 Å². The number of halogens is 1.